The summed E-state index contributed by atoms with van der Waals surface area (Å²) in [5.74, 6) is 0.233. The molecule has 0 aliphatic carbocycles. The fourth-order valence-corrected chi connectivity index (χ4v) is 3.54. The molecule has 0 aromatic heterocycles. The van der Waals surface area contributed by atoms with Crippen LogP contribution in [0.1, 0.15) is 39.5 Å². The van der Waals surface area contributed by atoms with Crippen LogP contribution in [-0.2, 0) is 10.0 Å². The number of hydrogen-bond acceptors (Lipinski definition) is 3. The lowest BCUT2D eigenvalue weighted by Crippen LogP contribution is -2.44. The van der Waals surface area contributed by atoms with Crippen molar-refractivity contribution in [2.24, 2.45) is 0 Å². The quantitative estimate of drug-likeness (QED) is 0.768. The van der Waals surface area contributed by atoms with Gasteiger partial charge in [-0.3, -0.25) is 0 Å². The zero-order valence-electron chi connectivity index (χ0n) is 10.4. The number of rotatable bonds is 6. The summed E-state index contributed by atoms with van der Waals surface area (Å²) < 4.78 is 25.8. The average Bonchev–Trinajstić information content (AvgIpc) is 2.17. The molecule has 1 aliphatic heterocycles. The molecule has 0 spiro atoms. The van der Waals surface area contributed by atoms with Crippen molar-refractivity contribution in [2.45, 2.75) is 45.6 Å². The number of nitrogens with one attached hydrogen (secondary N) is 1. The highest BCUT2D eigenvalue weighted by Crippen LogP contribution is 2.09. The van der Waals surface area contributed by atoms with Crippen molar-refractivity contribution in [2.75, 3.05) is 25.4 Å². The summed E-state index contributed by atoms with van der Waals surface area (Å²) in [4.78, 5) is 2.35. The van der Waals surface area contributed by atoms with Gasteiger partial charge in [0.15, 0.2) is 0 Å². The Bertz CT molecular complexity index is 284. The van der Waals surface area contributed by atoms with Crippen LogP contribution in [0, 0.1) is 0 Å². The Morgan fingerprint density at radius 2 is 1.88 bits per heavy atom. The van der Waals surface area contributed by atoms with Gasteiger partial charge < -0.3 is 4.90 Å². The third-order valence-electron chi connectivity index (χ3n) is 2.83. The number of hydrogen-bond donors (Lipinski definition) is 1. The first-order chi connectivity index (χ1) is 7.53. The molecular formula is C11H24N2O2S. The highest BCUT2D eigenvalue weighted by Gasteiger charge is 2.17. The largest absolute Gasteiger partial charge is 0.302 e. The number of sulfonamides is 1. The molecule has 16 heavy (non-hydrogen) atoms. The van der Waals surface area contributed by atoms with Crippen LogP contribution in [0.15, 0.2) is 0 Å². The van der Waals surface area contributed by atoms with E-state index in [0.29, 0.717) is 6.42 Å². The van der Waals surface area contributed by atoms with E-state index in [1.165, 1.54) is 19.3 Å². The third-order valence-corrected chi connectivity index (χ3v) is 4.54. The van der Waals surface area contributed by atoms with Crippen molar-refractivity contribution in [1.82, 2.24) is 9.62 Å². The highest BCUT2D eigenvalue weighted by atomic mass is 32.2. The molecule has 0 aromatic rings. The number of likely N-dealkylation sites (tertiary alicyclic amines) is 1. The summed E-state index contributed by atoms with van der Waals surface area (Å²) in [6.07, 6.45) is 4.47. The molecule has 96 valence electrons. The fraction of sp³-hybridized carbons (Fsp3) is 1.00. The summed E-state index contributed by atoms with van der Waals surface area (Å²) in [6, 6.07) is 0.0228. The van der Waals surface area contributed by atoms with Gasteiger partial charge in [-0.15, -0.1) is 0 Å². The minimum absolute atomic E-state index is 0.0228. The van der Waals surface area contributed by atoms with Gasteiger partial charge in [-0.25, -0.2) is 13.1 Å². The second-order valence-corrected chi connectivity index (χ2v) is 6.57. The van der Waals surface area contributed by atoms with E-state index in [-0.39, 0.29) is 11.8 Å². The van der Waals surface area contributed by atoms with Gasteiger partial charge >= 0.3 is 0 Å². The van der Waals surface area contributed by atoms with E-state index < -0.39 is 10.0 Å². The molecule has 1 aliphatic rings. The zero-order valence-corrected chi connectivity index (χ0v) is 11.2. The van der Waals surface area contributed by atoms with E-state index in [4.69, 9.17) is 0 Å². The maximum atomic E-state index is 11.6. The van der Waals surface area contributed by atoms with E-state index in [9.17, 15) is 8.42 Å². The minimum Gasteiger partial charge on any atom is -0.302 e. The summed E-state index contributed by atoms with van der Waals surface area (Å²) in [7, 11) is -3.06. The van der Waals surface area contributed by atoms with Gasteiger partial charge in [0.2, 0.25) is 10.0 Å². The van der Waals surface area contributed by atoms with Crippen molar-refractivity contribution in [1.29, 1.82) is 0 Å². The van der Waals surface area contributed by atoms with Crippen molar-refractivity contribution in [3.05, 3.63) is 0 Å². The van der Waals surface area contributed by atoms with Crippen molar-refractivity contribution in [3.8, 4) is 0 Å². The first-order valence-corrected chi connectivity index (χ1v) is 7.91. The molecule has 1 unspecified atom stereocenters. The molecule has 1 heterocycles. The molecule has 0 aromatic carbocycles. The van der Waals surface area contributed by atoms with Crippen LogP contribution in [0.5, 0.6) is 0 Å². The SMILES string of the molecule is CCCS(=O)(=O)NC(C)CN1CCCCC1. The Labute approximate surface area is 99.5 Å². The van der Waals surface area contributed by atoms with Gasteiger partial charge in [-0.05, 0) is 39.3 Å². The molecule has 1 saturated heterocycles. The van der Waals surface area contributed by atoms with Crippen molar-refractivity contribution < 1.29 is 8.42 Å². The molecule has 1 rings (SSSR count). The summed E-state index contributed by atoms with van der Waals surface area (Å²) >= 11 is 0. The fourth-order valence-electron chi connectivity index (χ4n) is 2.20. The Morgan fingerprint density at radius 3 is 2.44 bits per heavy atom. The molecule has 1 atom stereocenters. The predicted molar refractivity (Wildman–Crippen MR) is 67.0 cm³/mol. The number of piperidine rings is 1. The van der Waals surface area contributed by atoms with Gasteiger partial charge in [-0.1, -0.05) is 13.3 Å². The first-order valence-electron chi connectivity index (χ1n) is 6.26. The second kappa shape index (κ2) is 6.57. The Hall–Kier alpha value is -0.130. The van der Waals surface area contributed by atoms with Crippen LogP contribution in [0.3, 0.4) is 0 Å². The van der Waals surface area contributed by atoms with E-state index in [2.05, 4.69) is 9.62 Å². The molecule has 0 bridgehead atoms. The average molecular weight is 248 g/mol. The van der Waals surface area contributed by atoms with Gasteiger partial charge in [0.05, 0.1) is 5.75 Å². The van der Waals surface area contributed by atoms with Crippen LogP contribution in [0.2, 0.25) is 0 Å². The van der Waals surface area contributed by atoms with Crippen LogP contribution in [-0.4, -0.2) is 44.7 Å². The first kappa shape index (κ1) is 13.9. The molecule has 0 amide bonds. The van der Waals surface area contributed by atoms with E-state index >= 15 is 0 Å². The molecule has 0 saturated carbocycles. The maximum absolute atomic E-state index is 11.6. The van der Waals surface area contributed by atoms with Crippen LogP contribution in [0.25, 0.3) is 0 Å². The number of nitrogens with zero attached hydrogens (tertiary/aromatic N) is 1. The van der Waals surface area contributed by atoms with Gasteiger partial charge in [0.25, 0.3) is 0 Å². The summed E-state index contributed by atoms with van der Waals surface area (Å²) in [6.45, 7) is 6.89. The molecule has 1 fully saturated rings. The van der Waals surface area contributed by atoms with Gasteiger partial charge in [-0.2, -0.15) is 0 Å². The lowest BCUT2D eigenvalue weighted by atomic mass is 10.1. The molecule has 1 N–H and O–H groups in total. The van der Waals surface area contributed by atoms with Crippen molar-refractivity contribution >= 4 is 10.0 Å². The highest BCUT2D eigenvalue weighted by molar-refractivity contribution is 7.89. The van der Waals surface area contributed by atoms with Crippen LogP contribution in [0.4, 0.5) is 0 Å². The molecule has 0 radical (unpaired) electrons. The van der Waals surface area contributed by atoms with Gasteiger partial charge in [0.1, 0.15) is 0 Å². The van der Waals surface area contributed by atoms with E-state index in [0.717, 1.165) is 19.6 Å². The summed E-state index contributed by atoms with van der Waals surface area (Å²) in [5.41, 5.74) is 0. The third kappa shape index (κ3) is 5.27. The van der Waals surface area contributed by atoms with E-state index in [1.54, 1.807) is 0 Å². The van der Waals surface area contributed by atoms with E-state index in [1.807, 2.05) is 13.8 Å². The van der Waals surface area contributed by atoms with Gasteiger partial charge in [0, 0.05) is 12.6 Å². The lowest BCUT2D eigenvalue weighted by molar-refractivity contribution is 0.215. The molecular weight excluding hydrogens is 224 g/mol. The Morgan fingerprint density at radius 1 is 1.25 bits per heavy atom. The standard InChI is InChI=1S/C11H24N2O2S/c1-3-9-16(14,15)12-11(2)10-13-7-5-4-6-8-13/h11-12H,3-10H2,1-2H3. The van der Waals surface area contributed by atoms with Crippen LogP contribution < -0.4 is 4.72 Å². The maximum Gasteiger partial charge on any atom is 0.211 e. The second-order valence-electron chi connectivity index (χ2n) is 4.70. The Kier molecular flexibility index (Phi) is 5.72. The zero-order chi connectivity index (χ0) is 12.0. The topological polar surface area (TPSA) is 49.4 Å². The smallest absolute Gasteiger partial charge is 0.211 e. The monoisotopic (exact) mass is 248 g/mol. The summed E-state index contributed by atoms with van der Waals surface area (Å²) in [5, 5.41) is 0. The predicted octanol–water partition coefficient (Wildman–Crippen LogP) is 1.19. The molecule has 4 nitrogen and oxygen atoms in total. The minimum atomic E-state index is -3.06. The van der Waals surface area contributed by atoms with Crippen LogP contribution >= 0.6 is 0 Å². The Balaban J connectivity index is 2.31. The lowest BCUT2D eigenvalue weighted by Gasteiger charge is -2.29. The molecule has 5 heteroatoms. The normalized spacial score (nSPS) is 20.9. The van der Waals surface area contributed by atoms with Crippen molar-refractivity contribution in [3.63, 3.8) is 0 Å².